The lowest BCUT2D eigenvalue weighted by atomic mass is 10.1. The molecule has 0 aromatic heterocycles. The Morgan fingerprint density at radius 1 is 1.00 bits per heavy atom. The number of aryl methyl sites for hydroxylation is 2. The highest BCUT2D eigenvalue weighted by Gasteiger charge is 2.17. The summed E-state index contributed by atoms with van der Waals surface area (Å²) in [6.07, 6.45) is 1.83. The third-order valence-electron chi connectivity index (χ3n) is 4.86. The number of carbonyl (C=O) groups is 1. The summed E-state index contributed by atoms with van der Waals surface area (Å²) < 4.78 is 27.7. The van der Waals surface area contributed by atoms with Gasteiger partial charge in [0, 0.05) is 17.3 Å². The Hall–Kier alpha value is -2.09. The summed E-state index contributed by atoms with van der Waals surface area (Å²) in [5, 5.41) is 6.28. The van der Waals surface area contributed by atoms with Crippen molar-refractivity contribution in [3.05, 3.63) is 59.2 Å². The van der Waals surface area contributed by atoms with Crippen molar-refractivity contribution in [2.45, 2.75) is 37.6 Å². The fourth-order valence-corrected chi connectivity index (χ4v) is 4.16. The van der Waals surface area contributed by atoms with Gasteiger partial charge in [0.15, 0.2) is 0 Å². The van der Waals surface area contributed by atoms with Gasteiger partial charge in [0.05, 0.1) is 4.90 Å². The average Bonchev–Trinajstić information content (AvgIpc) is 2.65. The van der Waals surface area contributed by atoms with Gasteiger partial charge in [-0.3, -0.25) is 9.52 Å². The zero-order valence-corrected chi connectivity index (χ0v) is 17.6. The minimum Gasteiger partial charge on any atom is -0.349 e. The van der Waals surface area contributed by atoms with Crippen molar-refractivity contribution in [3.63, 3.8) is 0 Å². The van der Waals surface area contributed by atoms with Crippen LogP contribution in [0.3, 0.4) is 0 Å². The summed E-state index contributed by atoms with van der Waals surface area (Å²) in [7, 11) is -3.67. The van der Waals surface area contributed by atoms with Crippen LogP contribution in [-0.4, -0.2) is 33.5 Å². The van der Waals surface area contributed by atoms with Crippen LogP contribution >= 0.6 is 12.4 Å². The molecule has 0 aliphatic carbocycles. The number of carbonyl (C=O) groups excluding carboxylic acids is 1. The molecule has 1 amide bonds. The number of halogens is 1. The molecular weight excluding hydrogens is 398 g/mol. The number of anilines is 1. The molecule has 28 heavy (non-hydrogen) atoms. The molecule has 1 aliphatic heterocycles. The Balaban J connectivity index is 0.00000280. The second-order valence-electron chi connectivity index (χ2n) is 6.93. The van der Waals surface area contributed by atoms with E-state index in [0.717, 1.165) is 37.1 Å². The van der Waals surface area contributed by atoms with Crippen LogP contribution < -0.4 is 15.4 Å². The van der Waals surface area contributed by atoms with Gasteiger partial charge in [-0.1, -0.05) is 6.07 Å². The molecule has 0 bridgehead atoms. The molecule has 2 aromatic carbocycles. The van der Waals surface area contributed by atoms with E-state index in [2.05, 4.69) is 15.4 Å². The first kappa shape index (κ1) is 22.2. The van der Waals surface area contributed by atoms with Gasteiger partial charge < -0.3 is 10.6 Å². The number of sulfonamides is 1. The van der Waals surface area contributed by atoms with E-state index in [9.17, 15) is 13.2 Å². The molecule has 1 fully saturated rings. The molecule has 1 saturated heterocycles. The zero-order valence-electron chi connectivity index (χ0n) is 16.0. The normalized spacial score (nSPS) is 14.8. The van der Waals surface area contributed by atoms with Crippen LogP contribution in [0.5, 0.6) is 0 Å². The highest BCUT2D eigenvalue weighted by atomic mass is 35.5. The Bertz CT molecular complexity index is 924. The number of amides is 1. The largest absolute Gasteiger partial charge is 0.349 e. The van der Waals surface area contributed by atoms with Gasteiger partial charge in [-0.2, -0.15) is 0 Å². The predicted molar refractivity (Wildman–Crippen MR) is 114 cm³/mol. The molecule has 0 radical (unpaired) electrons. The molecule has 6 nitrogen and oxygen atoms in total. The summed E-state index contributed by atoms with van der Waals surface area (Å²) in [6, 6.07) is 11.7. The molecular formula is C20H26ClN3O3S. The van der Waals surface area contributed by atoms with Crippen molar-refractivity contribution in [2.75, 3.05) is 17.8 Å². The quantitative estimate of drug-likeness (QED) is 0.689. The molecule has 0 unspecified atom stereocenters. The second kappa shape index (κ2) is 9.41. The predicted octanol–water partition coefficient (Wildman–Crippen LogP) is 3.01. The summed E-state index contributed by atoms with van der Waals surface area (Å²) in [5.74, 6) is -0.134. The first-order chi connectivity index (χ1) is 12.8. The Kier molecular flexibility index (Phi) is 7.46. The van der Waals surface area contributed by atoms with Gasteiger partial charge in [-0.05, 0) is 87.3 Å². The van der Waals surface area contributed by atoms with E-state index in [1.807, 2.05) is 13.8 Å². The van der Waals surface area contributed by atoms with E-state index in [-0.39, 0.29) is 29.3 Å². The van der Waals surface area contributed by atoms with Crippen LogP contribution in [0.1, 0.15) is 34.3 Å². The van der Waals surface area contributed by atoms with Gasteiger partial charge in [0.1, 0.15) is 0 Å². The molecule has 0 atom stereocenters. The SMILES string of the molecule is Cc1ccc(S(=O)(=O)Nc2ccc(C(=O)NC3CCNCC3)cc2)cc1C.Cl. The molecule has 0 saturated carbocycles. The fraction of sp³-hybridized carbons (Fsp3) is 0.350. The van der Waals surface area contributed by atoms with Gasteiger partial charge in [-0.25, -0.2) is 8.42 Å². The average molecular weight is 424 g/mol. The number of hydrogen-bond donors (Lipinski definition) is 3. The molecule has 2 aromatic rings. The summed E-state index contributed by atoms with van der Waals surface area (Å²) in [4.78, 5) is 12.6. The topological polar surface area (TPSA) is 87.3 Å². The zero-order chi connectivity index (χ0) is 19.4. The molecule has 3 rings (SSSR count). The van der Waals surface area contributed by atoms with Crippen LogP contribution in [0.25, 0.3) is 0 Å². The van der Waals surface area contributed by atoms with E-state index in [0.29, 0.717) is 11.3 Å². The minimum atomic E-state index is -3.67. The molecule has 1 aliphatic rings. The number of rotatable bonds is 5. The summed E-state index contributed by atoms with van der Waals surface area (Å²) in [6.45, 7) is 5.63. The smallest absolute Gasteiger partial charge is 0.261 e. The Morgan fingerprint density at radius 3 is 2.25 bits per heavy atom. The maximum Gasteiger partial charge on any atom is 0.261 e. The van der Waals surface area contributed by atoms with Crippen molar-refractivity contribution in [2.24, 2.45) is 0 Å². The summed E-state index contributed by atoms with van der Waals surface area (Å²) >= 11 is 0. The fourth-order valence-electron chi connectivity index (χ4n) is 3.02. The second-order valence-corrected chi connectivity index (χ2v) is 8.61. The maximum atomic E-state index is 12.6. The lowest BCUT2D eigenvalue weighted by Crippen LogP contribution is -2.42. The van der Waals surface area contributed by atoms with E-state index in [1.54, 1.807) is 42.5 Å². The van der Waals surface area contributed by atoms with Gasteiger partial charge >= 0.3 is 0 Å². The van der Waals surface area contributed by atoms with E-state index >= 15 is 0 Å². The van der Waals surface area contributed by atoms with E-state index < -0.39 is 10.0 Å². The summed E-state index contributed by atoms with van der Waals surface area (Å²) in [5.41, 5.74) is 2.90. The Labute approximate surface area is 172 Å². The van der Waals surface area contributed by atoms with Crippen molar-refractivity contribution in [1.29, 1.82) is 0 Å². The van der Waals surface area contributed by atoms with Crippen LogP contribution in [0, 0.1) is 13.8 Å². The number of piperidine rings is 1. The third-order valence-corrected chi connectivity index (χ3v) is 6.24. The minimum absolute atomic E-state index is 0. The molecule has 3 N–H and O–H groups in total. The van der Waals surface area contributed by atoms with Crippen LogP contribution in [-0.2, 0) is 10.0 Å². The van der Waals surface area contributed by atoms with Crippen LogP contribution in [0.4, 0.5) is 5.69 Å². The lowest BCUT2D eigenvalue weighted by Gasteiger charge is -2.23. The van der Waals surface area contributed by atoms with Crippen molar-refractivity contribution >= 4 is 34.0 Å². The molecule has 152 valence electrons. The molecule has 8 heteroatoms. The van der Waals surface area contributed by atoms with Crippen molar-refractivity contribution < 1.29 is 13.2 Å². The molecule has 0 spiro atoms. The number of nitrogens with one attached hydrogen (secondary N) is 3. The van der Waals surface area contributed by atoms with Crippen LogP contribution in [0.15, 0.2) is 47.4 Å². The van der Waals surface area contributed by atoms with Gasteiger partial charge in [0.25, 0.3) is 15.9 Å². The first-order valence-electron chi connectivity index (χ1n) is 9.07. The monoisotopic (exact) mass is 423 g/mol. The van der Waals surface area contributed by atoms with E-state index in [4.69, 9.17) is 0 Å². The van der Waals surface area contributed by atoms with Gasteiger partial charge in [0.2, 0.25) is 0 Å². The van der Waals surface area contributed by atoms with Crippen LogP contribution in [0.2, 0.25) is 0 Å². The van der Waals surface area contributed by atoms with Gasteiger partial charge in [-0.15, -0.1) is 12.4 Å². The molecule has 1 heterocycles. The van der Waals surface area contributed by atoms with Crippen molar-refractivity contribution in [1.82, 2.24) is 10.6 Å². The van der Waals surface area contributed by atoms with E-state index in [1.165, 1.54) is 0 Å². The maximum absolute atomic E-state index is 12.6. The first-order valence-corrected chi connectivity index (χ1v) is 10.6. The van der Waals surface area contributed by atoms with Crippen molar-refractivity contribution in [3.8, 4) is 0 Å². The number of benzene rings is 2. The number of hydrogen-bond acceptors (Lipinski definition) is 4. The Morgan fingerprint density at radius 2 is 1.64 bits per heavy atom. The third kappa shape index (κ3) is 5.47. The standard InChI is InChI=1S/C20H25N3O3S.ClH/c1-14-3-8-19(13-15(14)2)27(25,26)23-18-6-4-16(5-7-18)20(24)22-17-9-11-21-12-10-17;/h3-8,13,17,21,23H,9-12H2,1-2H3,(H,22,24);1H. The lowest BCUT2D eigenvalue weighted by molar-refractivity contribution is 0.0929. The highest BCUT2D eigenvalue weighted by molar-refractivity contribution is 7.92. The highest BCUT2D eigenvalue weighted by Crippen LogP contribution is 2.19.